The van der Waals surface area contributed by atoms with Crippen LogP contribution in [0, 0.1) is 5.41 Å². The van der Waals surface area contributed by atoms with Crippen molar-refractivity contribution in [3.63, 3.8) is 0 Å². The van der Waals surface area contributed by atoms with Crippen LogP contribution in [0.15, 0.2) is 0 Å². The van der Waals surface area contributed by atoms with Gasteiger partial charge in [0.1, 0.15) is 5.41 Å². The number of carbonyl (C=O) groups is 2. The Kier molecular flexibility index (Phi) is 3.90. The first-order valence-electron chi connectivity index (χ1n) is 6.77. The van der Waals surface area contributed by atoms with Gasteiger partial charge in [-0.15, -0.1) is 0 Å². The molecular weight excluding hydrogens is 234 g/mol. The second-order valence-corrected chi connectivity index (χ2v) is 5.40. The summed E-state index contributed by atoms with van der Waals surface area (Å²) in [7, 11) is 0. The van der Waals surface area contributed by atoms with E-state index in [-0.39, 0.29) is 25.1 Å². The highest BCUT2D eigenvalue weighted by molar-refractivity contribution is 6.04. The van der Waals surface area contributed by atoms with Crippen molar-refractivity contribution in [1.29, 1.82) is 0 Å². The van der Waals surface area contributed by atoms with Gasteiger partial charge in [-0.1, -0.05) is 19.3 Å². The van der Waals surface area contributed by atoms with Crippen molar-refractivity contribution in [1.82, 2.24) is 4.90 Å². The Morgan fingerprint density at radius 1 is 1.17 bits per heavy atom. The number of amides is 1. The molecule has 2 N–H and O–H groups in total. The number of nitrogens with zero attached hydrogens (tertiary/aromatic N) is 1. The van der Waals surface area contributed by atoms with Gasteiger partial charge >= 0.3 is 5.97 Å². The molecule has 2 saturated carbocycles. The monoisotopic (exact) mass is 255 g/mol. The molecule has 1 amide bonds. The molecule has 102 valence electrons. The van der Waals surface area contributed by atoms with Gasteiger partial charge in [0.05, 0.1) is 6.61 Å². The van der Waals surface area contributed by atoms with Crippen LogP contribution in [0.2, 0.25) is 0 Å². The lowest BCUT2D eigenvalue weighted by Crippen LogP contribution is -2.48. The Balaban J connectivity index is 2.09. The maximum absolute atomic E-state index is 12.4. The molecule has 0 unspecified atom stereocenters. The van der Waals surface area contributed by atoms with E-state index in [4.69, 9.17) is 5.11 Å². The van der Waals surface area contributed by atoms with Gasteiger partial charge in [0.25, 0.3) is 0 Å². The lowest BCUT2D eigenvalue weighted by atomic mass is 9.92. The van der Waals surface area contributed by atoms with Crippen LogP contribution in [0.3, 0.4) is 0 Å². The number of aliphatic carboxylic acids is 1. The van der Waals surface area contributed by atoms with Crippen LogP contribution in [0.5, 0.6) is 0 Å². The van der Waals surface area contributed by atoms with Crippen LogP contribution in [-0.2, 0) is 9.59 Å². The predicted molar refractivity (Wildman–Crippen MR) is 65.0 cm³/mol. The molecule has 2 aliphatic carbocycles. The second kappa shape index (κ2) is 5.26. The maximum atomic E-state index is 12.4. The third kappa shape index (κ3) is 2.36. The smallest absolute Gasteiger partial charge is 0.319 e. The molecule has 0 aromatic carbocycles. The number of rotatable bonds is 5. The first-order valence-corrected chi connectivity index (χ1v) is 6.77. The van der Waals surface area contributed by atoms with Crippen molar-refractivity contribution in [3.8, 4) is 0 Å². The molecule has 0 aromatic heterocycles. The predicted octanol–water partition coefficient (Wildman–Crippen LogP) is 1.00. The van der Waals surface area contributed by atoms with E-state index < -0.39 is 11.4 Å². The SMILES string of the molecule is O=C(O)C1(C(=O)N(CCO)C2CCCCC2)CC1. The van der Waals surface area contributed by atoms with E-state index in [2.05, 4.69) is 0 Å². The van der Waals surface area contributed by atoms with Gasteiger partial charge in [0, 0.05) is 12.6 Å². The normalized spacial score (nSPS) is 22.5. The average Bonchev–Trinajstić information content (AvgIpc) is 3.17. The molecule has 5 nitrogen and oxygen atoms in total. The molecule has 0 saturated heterocycles. The van der Waals surface area contributed by atoms with Crippen molar-refractivity contribution in [3.05, 3.63) is 0 Å². The Hall–Kier alpha value is -1.10. The Morgan fingerprint density at radius 2 is 1.78 bits per heavy atom. The molecule has 5 heteroatoms. The van der Waals surface area contributed by atoms with E-state index in [1.165, 1.54) is 6.42 Å². The van der Waals surface area contributed by atoms with E-state index in [9.17, 15) is 14.7 Å². The van der Waals surface area contributed by atoms with E-state index in [1.807, 2.05) is 0 Å². The van der Waals surface area contributed by atoms with Crippen molar-refractivity contribution in [2.75, 3.05) is 13.2 Å². The highest BCUT2D eigenvalue weighted by Gasteiger charge is 2.59. The molecule has 0 aliphatic heterocycles. The molecule has 2 aliphatic rings. The number of aliphatic hydroxyl groups is 1. The van der Waals surface area contributed by atoms with E-state index in [0.29, 0.717) is 12.8 Å². The van der Waals surface area contributed by atoms with Gasteiger partial charge in [0.15, 0.2) is 0 Å². The fourth-order valence-electron chi connectivity index (χ4n) is 2.87. The first kappa shape index (κ1) is 13.3. The number of carboxylic acids is 1. The van der Waals surface area contributed by atoms with Gasteiger partial charge in [-0.3, -0.25) is 9.59 Å². The summed E-state index contributed by atoms with van der Waals surface area (Å²) < 4.78 is 0. The van der Waals surface area contributed by atoms with E-state index in [0.717, 1.165) is 25.7 Å². The molecule has 0 radical (unpaired) electrons. The zero-order chi connectivity index (χ0) is 13.2. The van der Waals surface area contributed by atoms with Crippen LogP contribution in [0.25, 0.3) is 0 Å². The molecule has 0 heterocycles. The minimum atomic E-state index is -1.17. The van der Waals surface area contributed by atoms with E-state index in [1.54, 1.807) is 4.90 Å². The zero-order valence-electron chi connectivity index (χ0n) is 10.6. The Labute approximate surface area is 107 Å². The van der Waals surface area contributed by atoms with Crippen LogP contribution in [0.1, 0.15) is 44.9 Å². The number of aliphatic hydroxyl groups excluding tert-OH is 1. The first-order chi connectivity index (χ1) is 8.62. The van der Waals surface area contributed by atoms with Gasteiger partial charge in [-0.2, -0.15) is 0 Å². The van der Waals surface area contributed by atoms with Crippen molar-refractivity contribution >= 4 is 11.9 Å². The quantitative estimate of drug-likeness (QED) is 0.719. The standard InChI is InChI=1S/C13H21NO4/c15-9-8-14(10-4-2-1-3-5-10)11(16)13(6-7-13)12(17)18/h10,15H,1-9H2,(H,17,18). The highest BCUT2D eigenvalue weighted by atomic mass is 16.4. The van der Waals surface area contributed by atoms with Crippen LogP contribution in [-0.4, -0.2) is 46.2 Å². The number of hydrogen-bond donors (Lipinski definition) is 2. The summed E-state index contributed by atoms with van der Waals surface area (Å²) >= 11 is 0. The third-order valence-electron chi connectivity index (χ3n) is 4.19. The summed E-state index contributed by atoms with van der Waals surface area (Å²) in [6.45, 7) is 0.163. The van der Waals surface area contributed by atoms with Gasteiger partial charge < -0.3 is 15.1 Å². The minimum Gasteiger partial charge on any atom is -0.480 e. The highest BCUT2D eigenvalue weighted by Crippen LogP contribution is 2.48. The maximum Gasteiger partial charge on any atom is 0.319 e. The molecule has 0 bridgehead atoms. The summed E-state index contributed by atoms with van der Waals surface area (Å²) in [5, 5.41) is 18.3. The van der Waals surface area contributed by atoms with Gasteiger partial charge in [0.2, 0.25) is 5.91 Å². The van der Waals surface area contributed by atoms with Gasteiger partial charge in [-0.25, -0.2) is 0 Å². The average molecular weight is 255 g/mol. The van der Waals surface area contributed by atoms with Gasteiger partial charge in [-0.05, 0) is 25.7 Å². The van der Waals surface area contributed by atoms with Crippen molar-refractivity contribution in [2.24, 2.45) is 5.41 Å². The summed E-state index contributed by atoms with van der Waals surface area (Å²) in [6, 6.07) is 0.121. The molecule has 0 atom stereocenters. The molecule has 0 spiro atoms. The topological polar surface area (TPSA) is 77.8 Å². The number of carbonyl (C=O) groups excluding carboxylic acids is 1. The molecular formula is C13H21NO4. The van der Waals surface area contributed by atoms with Crippen molar-refractivity contribution in [2.45, 2.75) is 51.0 Å². The molecule has 18 heavy (non-hydrogen) atoms. The number of carboxylic acid groups (broad SMARTS) is 1. The van der Waals surface area contributed by atoms with E-state index >= 15 is 0 Å². The fraction of sp³-hybridized carbons (Fsp3) is 0.846. The summed E-state index contributed by atoms with van der Waals surface area (Å²) in [5.74, 6) is -1.29. The fourth-order valence-corrected chi connectivity index (χ4v) is 2.87. The molecule has 0 aromatic rings. The summed E-state index contributed by atoms with van der Waals surface area (Å²) in [6.07, 6.45) is 6.09. The Bertz CT molecular complexity index is 332. The lowest BCUT2D eigenvalue weighted by Gasteiger charge is -2.35. The Morgan fingerprint density at radius 3 is 2.22 bits per heavy atom. The second-order valence-electron chi connectivity index (χ2n) is 5.40. The minimum absolute atomic E-state index is 0.0993. The summed E-state index contributed by atoms with van der Waals surface area (Å²) in [5.41, 5.74) is -1.17. The van der Waals surface area contributed by atoms with Crippen LogP contribution in [0.4, 0.5) is 0 Å². The third-order valence-corrected chi connectivity index (χ3v) is 4.19. The van der Waals surface area contributed by atoms with Crippen LogP contribution < -0.4 is 0 Å². The van der Waals surface area contributed by atoms with Crippen molar-refractivity contribution < 1.29 is 19.8 Å². The van der Waals surface area contributed by atoms with Crippen LogP contribution >= 0.6 is 0 Å². The zero-order valence-corrected chi connectivity index (χ0v) is 10.6. The largest absolute Gasteiger partial charge is 0.480 e. The molecule has 2 fully saturated rings. The lowest BCUT2D eigenvalue weighted by molar-refractivity contribution is -0.155. The summed E-state index contributed by atoms with van der Waals surface area (Å²) in [4.78, 5) is 25.2. The number of hydrogen-bond acceptors (Lipinski definition) is 3. The molecule has 2 rings (SSSR count).